The number of benzene rings is 1. The molecule has 0 aromatic heterocycles. The first-order chi connectivity index (χ1) is 10.5. The van der Waals surface area contributed by atoms with Gasteiger partial charge in [-0.3, -0.25) is 0 Å². The Kier molecular flexibility index (Phi) is 5.45. The number of nitrogens with zero attached hydrogens (tertiary/aromatic N) is 1. The zero-order valence-electron chi connectivity index (χ0n) is 13.2. The summed E-state index contributed by atoms with van der Waals surface area (Å²) in [4.78, 5) is 14.2. The van der Waals surface area contributed by atoms with Gasteiger partial charge in [-0.25, -0.2) is 13.2 Å². The van der Waals surface area contributed by atoms with E-state index in [2.05, 4.69) is 5.32 Å². The topological polar surface area (TPSA) is 66.5 Å². The lowest BCUT2D eigenvalue weighted by Crippen LogP contribution is -2.44. The van der Waals surface area contributed by atoms with Crippen molar-refractivity contribution in [2.45, 2.75) is 49.3 Å². The number of sulfone groups is 1. The molecule has 0 saturated carbocycles. The van der Waals surface area contributed by atoms with Crippen molar-refractivity contribution in [2.75, 3.05) is 13.1 Å². The summed E-state index contributed by atoms with van der Waals surface area (Å²) in [7, 11) is -3.37. The molecule has 2 amide bonds. The lowest BCUT2D eigenvalue weighted by Gasteiger charge is -2.21. The highest BCUT2D eigenvalue weighted by atomic mass is 32.2. The average molecular weight is 324 g/mol. The molecular formula is C16H24N2O3S. The van der Waals surface area contributed by atoms with Crippen molar-refractivity contribution >= 4 is 15.9 Å². The Morgan fingerprint density at radius 2 is 1.91 bits per heavy atom. The Morgan fingerprint density at radius 1 is 1.27 bits per heavy atom. The number of likely N-dealkylation sites (tertiary alicyclic amines) is 1. The lowest BCUT2D eigenvalue weighted by molar-refractivity contribution is 0.204. The van der Waals surface area contributed by atoms with Gasteiger partial charge < -0.3 is 10.2 Å². The van der Waals surface area contributed by atoms with Gasteiger partial charge in [0.15, 0.2) is 9.84 Å². The highest BCUT2D eigenvalue weighted by Crippen LogP contribution is 2.23. The van der Waals surface area contributed by atoms with E-state index in [0.29, 0.717) is 17.9 Å². The van der Waals surface area contributed by atoms with E-state index in [9.17, 15) is 13.2 Å². The van der Waals surface area contributed by atoms with E-state index in [1.54, 1.807) is 35.2 Å². The molecule has 1 aromatic carbocycles. The van der Waals surface area contributed by atoms with Crippen molar-refractivity contribution in [3.05, 3.63) is 30.3 Å². The number of rotatable bonds is 5. The molecule has 2 rings (SSSR count). The maximum atomic E-state index is 12.6. The van der Waals surface area contributed by atoms with Crippen LogP contribution in [0.4, 0.5) is 4.79 Å². The molecule has 1 atom stereocenters. The largest absolute Gasteiger partial charge is 0.335 e. The molecule has 0 radical (unpaired) electrons. The molecule has 1 saturated heterocycles. The molecule has 0 aliphatic carbocycles. The minimum absolute atomic E-state index is 0.150. The monoisotopic (exact) mass is 324 g/mol. The fourth-order valence-electron chi connectivity index (χ4n) is 2.73. The van der Waals surface area contributed by atoms with Crippen molar-refractivity contribution in [1.29, 1.82) is 0 Å². The molecule has 1 heterocycles. The van der Waals surface area contributed by atoms with Gasteiger partial charge in [0.2, 0.25) is 0 Å². The fraction of sp³-hybridized carbons (Fsp3) is 0.562. The quantitative estimate of drug-likeness (QED) is 0.904. The molecule has 1 unspecified atom stereocenters. The molecule has 5 nitrogen and oxygen atoms in total. The van der Waals surface area contributed by atoms with Crippen molar-refractivity contribution < 1.29 is 13.2 Å². The summed E-state index contributed by atoms with van der Waals surface area (Å²) >= 11 is 0. The summed E-state index contributed by atoms with van der Waals surface area (Å²) in [6, 6.07) is 8.46. The van der Waals surface area contributed by atoms with E-state index in [4.69, 9.17) is 0 Å². The summed E-state index contributed by atoms with van der Waals surface area (Å²) in [6.07, 6.45) is 2.25. The van der Waals surface area contributed by atoms with Gasteiger partial charge in [0, 0.05) is 19.1 Å². The third-order valence-electron chi connectivity index (χ3n) is 4.26. The minimum atomic E-state index is -3.37. The predicted molar refractivity (Wildman–Crippen MR) is 86.5 cm³/mol. The summed E-state index contributed by atoms with van der Waals surface area (Å²) in [5, 5.41) is 2.45. The van der Waals surface area contributed by atoms with Crippen LogP contribution in [-0.2, 0) is 9.84 Å². The van der Waals surface area contributed by atoms with E-state index in [1.807, 2.05) is 13.8 Å². The second-order valence-corrected chi connectivity index (χ2v) is 7.91. The van der Waals surface area contributed by atoms with Crippen LogP contribution >= 0.6 is 0 Å². The SMILES string of the molecule is CCC(CC)NC(=O)N1CCC(S(=O)(=O)c2ccccc2)C1. The molecule has 22 heavy (non-hydrogen) atoms. The number of carbonyl (C=O) groups excluding carboxylic acids is 1. The van der Waals surface area contributed by atoms with Gasteiger partial charge in [-0.05, 0) is 31.4 Å². The van der Waals surface area contributed by atoms with Crippen LogP contribution in [0, 0.1) is 0 Å². The molecule has 1 fully saturated rings. The molecule has 1 aromatic rings. The maximum Gasteiger partial charge on any atom is 0.317 e. The van der Waals surface area contributed by atoms with Crippen LogP contribution in [0.2, 0.25) is 0 Å². The van der Waals surface area contributed by atoms with Crippen LogP contribution in [0.15, 0.2) is 35.2 Å². The summed E-state index contributed by atoms with van der Waals surface area (Å²) in [6.45, 7) is 4.81. The van der Waals surface area contributed by atoms with Crippen molar-refractivity contribution in [1.82, 2.24) is 10.2 Å². The molecule has 6 heteroatoms. The Hall–Kier alpha value is -1.56. The average Bonchev–Trinajstić information content (AvgIpc) is 3.04. The molecule has 122 valence electrons. The Balaban J connectivity index is 2.02. The van der Waals surface area contributed by atoms with E-state index in [-0.39, 0.29) is 18.6 Å². The van der Waals surface area contributed by atoms with Crippen LogP contribution in [0.5, 0.6) is 0 Å². The number of carbonyl (C=O) groups is 1. The van der Waals surface area contributed by atoms with Crippen molar-refractivity contribution in [3.8, 4) is 0 Å². The predicted octanol–water partition coefficient (Wildman–Crippen LogP) is 2.43. The first-order valence-corrected chi connectivity index (χ1v) is 9.38. The van der Waals surface area contributed by atoms with E-state index < -0.39 is 15.1 Å². The van der Waals surface area contributed by atoms with Gasteiger partial charge in [-0.1, -0.05) is 32.0 Å². The zero-order chi connectivity index (χ0) is 16.2. The van der Waals surface area contributed by atoms with Crippen molar-refractivity contribution in [2.24, 2.45) is 0 Å². The third kappa shape index (κ3) is 3.61. The Labute approximate surface area is 132 Å². The minimum Gasteiger partial charge on any atom is -0.335 e. The summed E-state index contributed by atoms with van der Waals surface area (Å²) in [5.74, 6) is 0. The smallest absolute Gasteiger partial charge is 0.317 e. The molecular weight excluding hydrogens is 300 g/mol. The standard InChI is InChI=1S/C16H24N2O3S/c1-3-13(4-2)17-16(19)18-11-10-15(12-18)22(20,21)14-8-6-5-7-9-14/h5-9,13,15H,3-4,10-12H2,1-2H3,(H,17,19). The van der Waals surface area contributed by atoms with Crippen molar-refractivity contribution in [3.63, 3.8) is 0 Å². The molecule has 1 N–H and O–H groups in total. The van der Waals surface area contributed by atoms with Crippen LogP contribution in [0.25, 0.3) is 0 Å². The maximum absolute atomic E-state index is 12.6. The van der Waals surface area contributed by atoms with Gasteiger partial charge >= 0.3 is 6.03 Å². The molecule has 1 aliphatic rings. The van der Waals surface area contributed by atoms with Crippen LogP contribution < -0.4 is 5.32 Å². The van der Waals surface area contributed by atoms with Crippen LogP contribution in [0.3, 0.4) is 0 Å². The second-order valence-electron chi connectivity index (χ2n) is 5.68. The van der Waals surface area contributed by atoms with Crippen LogP contribution in [-0.4, -0.2) is 43.7 Å². The molecule has 0 bridgehead atoms. The number of amides is 2. The highest BCUT2D eigenvalue weighted by molar-refractivity contribution is 7.92. The van der Waals surface area contributed by atoms with E-state index in [0.717, 1.165) is 12.8 Å². The Morgan fingerprint density at radius 3 is 2.50 bits per heavy atom. The van der Waals surface area contributed by atoms with E-state index in [1.165, 1.54) is 0 Å². The summed E-state index contributed by atoms with van der Waals surface area (Å²) < 4.78 is 25.2. The first-order valence-electron chi connectivity index (χ1n) is 7.83. The van der Waals surface area contributed by atoms with E-state index >= 15 is 0 Å². The van der Waals surface area contributed by atoms with Crippen LogP contribution in [0.1, 0.15) is 33.1 Å². The van der Waals surface area contributed by atoms with Gasteiger partial charge in [0.05, 0.1) is 10.1 Å². The third-order valence-corrected chi connectivity index (χ3v) is 6.45. The lowest BCUT2D eigenvalue weighted by atomic mass is 10.2. The summed E-state index contributed by atoms with van der Waals surface area (Å²) in [5.41, 5.74) is 0. The number of urea groups is 1. The van der Waals surface area contributed by atoms with Gasteiger partial charge in [-0.2, -0.15) is 0 Å². The van der Waals surface area contributed by atoms with Gasteiger partial charge in [-0.15, -0.1) is 0 Å². The molecule has 1 aliphatic heterocycles. The Bertz CT molecular complexity index is 597. The normalized spacial score (nSPS) is 18.7. The molecule has 0 spiro atoms. The second kappa shape index (κ2) is 7.13. The highest BCUT2D eigenvalue weighted by Gasteiger charge is 2.36. The number of hydrogen-bond acceptors (Lipinski definition) is 3. The number of nitrogens with one attached hydrogen (secondary N) is 1. The number of hydrogen-bond donors (Lipinski definition) is 1. The first kappa shape index (κ1) is 16.8. The zero-order valence-corrected chi connectivity index (χ0v) is 14.0. The fourth-order valence-corrected chi connectivity index (χ4v) is 4.44. The van der Waals surface area contributed by atoms with Gasteiger partial charge in [0.25, 0.3) is 0 Å². The van der Waals surface area contributed by atoms with Gasteiger partial charge in [0.1, 0.15) is 0 Å².